The molecule has 1 aromatic carbocycles. The van der Waals surface area contributed by atoms with E-state index in [-0.39, 0.29) is 5.78 Å². The number of para-hydroxylation sites is 1. The predicted molar refractivity (Wildman–Crippen MR) is 65.6 cm³/mol. The fourth-order valence-electron chi connectivity index (χ4n) is 2.06. The highest BCUT2D eigenvalue weighted by Gasteiger charge is 2.19. The molecule has 1 aliphatic rings. The van der Waals surface area contributed by atoms with Gasteiger partial charge in [0.25, 0.3) is 0 Å². The van der Waals surface area contributed by atoms with Gasteiger partial charge < -0.3 is 4.90 Å². The van der Waals surface area contributed by atoms with Crippen molar-refractivity contribution in [3.05, 3.63) is 28.2 Å². The second-order valence-electron chi connectivity index (χ2n) is 3.89. The van der Waals surface area contributed by atoms with E-state index in [4.69, 9.17) is 0 Å². The SMILES string of the molecule is CC(=O)c1cccc(Br)c1N1CCCC1. The monoisotopic (exact) mass is 267 g/mol. The Morgan fingerprint density at radius 3 is 2.60 bits per heavy atom. The van der Waals surface area contributed by atoms with Crippen LogP contribution in [0, 0.1) is 0 Å². The number of nitrogens with zero attached hydrogens (tertiary/aromatic N) is 1. The van der Waals surface area contributed by atoms with E-state index in [9.17, 15) is 4.79 Å². The molecular formula is C12H14BrNO. The maximum absolute atomic E-state index is 11.5. The summed E-state index contributed by atoms with van der Waals surface area (Å²) in [6.07, 6.45) is 2.44. The predicted octanol–water partition coefficient (Wildman–Crippen LogP) is 3.25. The van der Waals surface area contributed by atoms with Gasteiger partial charge in [-0.3, -0.25) is 4.79 Å². The zero-order valence-corrected chi connectivity index (χ0v) is 10.4. The first-order chi connectivity index (χ1) is 7.20. The van der Waals surface area contributed by atoms with Gasteiger partial charge in [0.2, 0.25) is 0 Å². The number of halogens is 1. The lowest BCUT2D eigenvalue weighted by Gasteiger charge is -2.21. The standard InChI is InChI=1S/C12H14BrNO/c1-9(15)10-5-4-6-11(13)12(10)14-7-2-3-8-14/h4-6H,2-3,7-8H2,1H3. The van der Waals surface area contributed by atoms with E-state index in [2.05, 4.69) is 20.8 Å². The average molecular weight is 268 g/mol. The first-order valence-corrected chi connectivity index (χ1v) is 6.04. The molecule has 0 radical (unpaired) electrons. The number of ketones is 1. The highest BCUT2D eigenvalue weighted by molar-refractivity contribution is 9.10. The van der Waals surface area contributed by atoms with Gasteiger partial charge in [-0.1, -0.05) is 6.07 Å². The van der Waals surface area contributed by atoms with Crippen LogP contribution >= 0.6 is 15.9 Å². The number of hydrogen-bond donors (Lipinski definition) is 0. The van der Waals surface area contributed by atoms with Crippen molar-refractivity contribution in [3.8, 4) is 0 Å². The molecule has 0 aromatic heterocycles. The van der Waals surface area contributed by atoms with Crippen LogP contribution < -0.4 is 4.90 Å². The van der Waals surface area contributed by atoms with E-state index in [1.165, 1.54) is 12.8 Å². The molecule has 15 heavy (non-hydrogen) atoms. The molecule has 2 rings (SSSR count). The van der Waals surface area contributed by atoms with Crippen LogP contribution in [-0.2, 0) is 0 Å². The topological polar surface area (TPSA) is 20.3 Å². The number of anilines is 1. The lowest BCUT2D eigenvalue weighted by Crippen LogP contribution is -2.20. The van der Waals surface area contributed by atoms with Crippen LogP contribution in [0.3, 0.4) is 0 Å². The Labute approximate surface area is 98.4 Å². The molecule has 80 valence electrons. The summed E-state index contributed by atoms with van der Waals surface area (Å²) in [7, 11) is 0. The van der Waals surface area contributed by atoms with Crippen molar-refractivity contribution < 1.29 is 4.79 Å². The van der Waals surface area contributed by atoms with Crippen molar-refractivity contribution in [3.63, 3.8) is 0 Å². The molecule has 0 unspecified atom stereocenters. The minimum absolute atomic E-state index is 0.137. The summed E-state index contributed by atoms with van der Waals surface area (Å²) in [5.41, 5.74) is 1.90. The number of benzene rings is 1. The lowest BCUT2D eigenvalue weighted by molar-refractivity contribution is 0.101. The van der Waals surface area contributed by atoms with E-state index in [1.54, 1.807) is 6.92 Å². The molecule has 0 aliphatic carbocycles. The Hall–Kier alpha value is -0.830. The van der Waals surface area contributed by atoms with Crippen LogP contribution in [0.4, 0.5) is 5.69 Å². The fourth-order valence-corrected chi connectivity index (χ4v) is 2.68. The fraction of sp³-hybridized carbons (Fsp3) is 0.417. The number of carbonyl (C=O) groups is 1. The van der Waals surface area contributed by atoms with E-state index in [1.807, 2.05) is 18.2 Å². The minimum Gasteiger partial charge on any atom is -0.370 e. The molecule has 2 nitrogen and oxygen atoms in total. The van der Waals surface area contributed by atoms with Crippen molar-refractivity contribution in [1.82, 2.24) is 0 Å². The number of carbonyl (C=O) groups excluding carboxylic acids is 1. The quantitative estimate of drug-likeness (QED) is 0.767. The maximum atomic E-state index is 11.5. The zero-order chi connectivity index (χ0) is 10.8. The molecule has 0 spiro atoms. The van der Waals surface area contributed by atoms with Crippen LogP contribution in [0.25, 0.3) is 0 Å². The van der Waals surface area contributed by atoms with Gasteiger partial charge in [-0.2, -0.15) is 0 Å². The number of hydrogen-bond acceptors (Lipinski definition) is 2. The summed E-state index contributed by atoms with van der Waals surface area (Å²) in [5, 5.41) is 0. The molecular weight excluding hydrogens is 254 g/mol. The van der Waals surface area contributed by atoms with Crippen molar-refractivity contribution >= 4 is 27.4 Å². The van der Waals surface area contributed by atoms with Gasteiger partial charge in [0, 0.05) is 23.1 Å². The smallest absolute Gasteiger partial charge is 0.161 e. The Bertz CT molecular complexity index is 383. The molecule has 1 heterocycles. The number of Topliss-reactive ketones (excluding diaryl/α,β-unsaturated/α-hetero) is 1. The van der Waals surface area contributed by atoms with Crippen LogP contribution in [0.2, 0.25) is 0 Å². The van der Waals surface area contributed by atoms with Crippen molar-refractivity contribution in [1.29, 1.82) is 0 Å². The molecule has 0 saturated carbocycles. The first kappa shape index (κ1) is 10.7. The number of rotatable bonds is 2. The van der Waals surface area contributed by atoms with Gasteiger partial charge in [0.05, 0.1) is 5.69 Å². The summed E-state index contributed by atoms with van der Waals surface area (Å²) < 4.78 is 1.03. The molecule has 1 fully saturated rings. The second kappa shape index (κ2) is 4.35. The van der Waals surface area contributed by atoms with Crippen LogP contribution in [-0.4, -0.2) is 18.9 Å². The van der Waals surface area contributed by atoms with Gasteiger partial charge in [0.1, 0.15) is 0 Å². The molecule has 0 N–H and O–H groups in total. The Kier molecular flexibility index (Phi) is 3.10. The van der Waals surface area contributed by atoms with Crippen molar-refractivity contribution in [2.75, 3.05) is 18.0 Å². The Balaban J connectivity index is 2.46. The third-order valence-electron chi connectivity index (χ3n) is 2.79. The van der Waals surface area contributed by atoms with E-state index >= 15 is 0 Å². The third kappa shape index (κ3) is 2.07. The first-order valence-electron chi connectivity index (χ1n) is 5.24. The highest BCUT2D eigenvalue weighted by atomic mass is 79.9. The van der Waals surface area contributed by atoms with E-state index in [0.717, 1.165) is 28.8 Å². The van der Waals surface area contributed by atoms with Crippen molar-refractivity contribution in [2.24, 2.45) is 0 Å². The molecule has 3 heteroatoms. The molecule has 0 amide bonds. The lowest BCUT2D eigenvalue weighted by atomic mass is 10.1. The Morgan fingerprint density at radius 2 is 2.00 bits per heavy atom. The summed E-state index contributed by atoms with van der Waals surface area (Å²) in [5.74, 6) is 0.137. The summed E-state index contributed by atoms with van der Waals surface area (Å²) in [4.78, 5) is 13.8. The zero-order valence-electron chi connectivity index (χ0n) is 8.79. The molecule has 0 bridgehead atoms. The summed E-state index contributed by atoms with van der Waals surface area (Å²) >= 11 is 3.53. The summed E-state index contributed by atoms with van der Waals surface area (Å²) in [6.45, 7) is 3.74. The van der Waals surface area contributed by atoms with Crippen LogP contribution in [0.5, 0.6) is 0 Å². The van der Waals surface area contributed by atoms with Gasteiger partial charge >= 0.3 is 0 Å². The normalized spacial score (nSPS) is 15.7. The van der Waals surface area contributed by atoms with Crippen LogP contribution in [0.15, 0.2) is 22.7 Å². The summed E-state index contributed by atoms with van der Waals surface area (Å²) in [6, 6.07) is 5.82. The van der Waals surface area contributed by atoms with E-state index in [0.29, 0.717) is 0 Å². The van der Waals surface area contributed by atoms with E-state index < -0.39 is 0 Å². The second-order valence-corrected chi connectivity index (χ2v) is 4.74. The highest BCUT2D eigenvalue weighted by Crippen LogP contribution is 2.32. The third-order valence-corrected chi connectivity index (χ3v) is 3.43. The maximum Gasteiger partial charge on any atom is 0.161 e. The molecule has 1 saturated heterocycles. The van der Waals surface area contributed by atoms with Gasteiger partial charge in [0.15, 0.2) is 5.78 Å². The Morgan fingerprint density at radius 1 is 1.33 bits per heavy atom. The van der Waals surface area contributed by atoms with Gasteiger partial charge in [-0.15, -0.1) is 0 Å². The largest absolute Gasteiger partial charge is 0.370 e. The van der Waals surface area contributed by atoms with Gasteiger partial charge in [-0.05, 0) is 47.8 Å². The molecule has 0 atom stereocenters. The molecule has 1 aliphatic heterocycles. The minimum atomic E-state index is 0.137. The molecule has 1 aromatic rings. The average Bonchev–Trinajstić information content (AvgIpc) is 2.70. The van der Waals surface area contributed by atoms with Crippen LogP contribution in [0.1, 0.15) is 30.1 Å². The van der Waals surface area contributed by atoms with Gasteiger partial charge in [-0.25, -0.2) is 0 Å². The van der Waals surface area contributed by atoms with Crippen molar-refractivity contribution in [2.45, 2.75) is 19.8 Å².